The molecule has 130 valence electrons. The minimum Gasteiger partial charge on any atom is -0.318 e. The van der Waals surface area contributed by atoms with E-state index in [4.69, 9.17) is 17.0 Å². The molecular formula is C19H15ClN4OS. The summed E-state index contributed by atoms with van der Waals surface area (Å²) in [4.78, 5) is 18.1. The highest BCUT2D eigenvalue weighted by molar-refractivity contribution is 8.16. The van der Waals surface area contributed by atoms with Crippen LogP contribution in [-0.2, 0) is 4.79 Å². The Bertz CT molecular complexity index is 1030. The number of carbonyl (C=O) groups excluding carboxylic acids is 1. The van der Waals surface area contributed by atoms with Crippen LogP contribution in [-0.4, -0.2) is 26.4 Å². The molecule has 5 nitrogen and oxygen atoms in total. The van der Waals surface area contributed by atoms with Crippen molar-refractivity contribution < 1.29 is 4.79 Å². The number of amidine groups is 2. The molecule has 0 radical (unpaired) electrons. The number of aromatic nitrogens is 1. The highest BCUT2D eigenvalue weighted by atomic mass is 35.5. The van der Waals surface area contributed by atoms with Gasteiger partial charge in [0.2, 0.25) is 0 Å². The Kier molecular flexibility index (Phi) is 4.09. The molecule has 3 heterocycles. The van der Waals surface area contributed by atoms with Crippen LogP contribution in [0.4, 0.5) is 0 Å². The monoisotopic (exact) mass is 382 g/mol. The van der Waals surface area contributed by atoms with Crippen LogP contribution in [0.2, 0.25) is 5.02 Å². The van der Waals surface area contributed by atoms with Crippen LogP contribution in [0.5, 0.6) is 0 Å². The van der Waals surface area contributed by atoms with Crippen molar-refractivity contribution in [2.45, 2.75) is 13.8 Å². The van der Waals surface area contributed by atoms with E-state index >= 15 is 0 Å². The lowest BCUT2D eigenvalue weighted by Crippen LogP contribution is -2.35. The first-order chi connectivity index (χ1) is 12.5. The number of halogens is 1. The highest BCUT2D eigenvalue weighted by Gasteiger charge is 2.31. The zero-order chi connectivity index (χ0) is 18.4. The summed E-state index contributed by atoms with van der Waals surface area (Å²) in [5, 5.41) is 11.4. The van der Waals surface area contributed by atoms with Crippen molar-refractivity contribution in [3.63, 3.8) is 0 Å². The van der Waals surface area contributed by atoms with Crippen molar-refractivity contribution in [3.8, 4) is 5.69 Å². The fourth-order valence-corrected chi connectivity index (χ4v) is 3.94. The van der Waals surface area contributed by atoms with Crippen molar-refractivity contribution in [3.05, 3.63) is 69.5 Å². The Balaban J connectivity index is 1.78. The van der Waals surface area contributed by atoms with Gasteiger partial charge in [0.05, 0.1) is 5.57 Å². The number of fused-ring (bicyclic) bond motifs is 1. The molecule has 7 heteroatoms. The first-order valence-electron chi connectivity index (χ1n) is 7.97. The Hall–Kier alpha value is -2.57. The van der Waals surface area contributed by atoms with E-state index in [0.717, 1.165) is 22.6 Å². The number of aryl methyl sites for hydroxylation is 1. The van der Waals surface area contributed by atoms with Gasteiger partial charge in [-0.2, -0.15) is 4.99 Å². The van der Waals surface area contributed by atoms with Crippen LogP contribution >= 0.6 is 23.4 Å². The van der Waals surface area contributed by atoms with Crippen LogP contribution in [0.1, 0.15) is 17.0 Å². The number of hydrogen-bond acceptors (Lipinski definition) is 3. The molecule has 0 aliphatic carbocycles. The average Bonchev–Trinajstić information content (AvgIpc) is 3.17. The van der Waals surface area contributed by atoms with Gasteiger partial charge in [-0.1, -0.05) is 23.4 Å². The zero-order valence-electron chi connectivity index (χ0n) is 14.2. The number of thioether (sulfide) groups is 1. The lowest BCUT2D eigenvalue weighted by Gasteiger charge is -2.22. The van der Waals surface area contributed by atoms with Gasteiger partial charge >= 0.3 is 0 Å². The third-order valence-electron chi connectivity index (χ3n) is 4.37. The normalized spacial score (nSPS) is 17.9. The second-order valence-corrected chi connectivity index (χ2v) is 7.33. The molecule has 1 amide bonds. The molecule has 2 aliphatic rings. The van der Waals surface area contributed by atoms with Crippen molar-refractivity contribution >= 4 is 46.3 Å². The standard InChI is InChI=1S/C19H15ClN4OS/c1-11-9-13(12(2)24(11)15-5-3-14(20)4-6-15)10-16-17(21)23-7-8-26-19(23)22-18(16)25/h3-10,21H,1-2H3. The minimum atomic E-state index is -0.381. The largest absolute Gasteiger partial charge is 0.318 e. The zero-order valence-corrected chi connectivity index (χ0v) is 15.7. The SMILES string of the molecule is Cc1cc(C=C2C(=N)N3C=CSC3=NC2=O)c(C)n1-c1ccc(Cl)cc1. The highest BCUT2D eigenvalue weighted by Crippen LogP contribution is 2.29. The Morgan fingerprint density at radius 2 is 1.96 bits per heavy atom. The molecule has 1 N–H and O–H groups in total. The second-order valence-electron chi connectivity index (χ2n) is 6.02. The number of carbonyl (C=O) groups is 1. The summed E-state index contributed by atoms with van der Waals surface area (Å²) in [6, 6.07) is 9.61. The summed E-state index contributed by atoms with van der Waals surface area (Å²) in [6.07, 6.45) is 3.50. The van der Waals surface area contributed by atoms with Crippen LogP contribution in [0.3, 0.4) is 0 Å². The van der Waals surface area contributed by atoms with Gasteiger partial charge in [0, 0.05) is 28.3 Å². The number of nitrogens with zero attached hydrogens (tertiary/aromatic N) is 3. The quantitative estimate of drug-likeness (QED) is 0.776. The van der Waals surface area contributed by atoms with E-state index in [1.807, 2.05) is 49.6 Å². The lowest BCUT2D eigenvalue weighted by molar-refractivity contribution is -0.114. The van der Waals surface area contributed by atoms with E-state index in [1.165, 1.54) is 11.8 Å². The second kappa shape index (κ2) is 6.30. The van der Waals surface area contributed by atoms with Crippen LogP contribution in [0.15, 0.2) is 52.5 Å². The molecule has 0 unspecified atom stereocenters. The molecule has 1 aromatic heterocycles. The van der Waals surface area contributed by atoms with Gasteiger partial charge in [0.25, 0.3) is 5.91 Å². The predicted octanol–water partition coefficient (Wildman–Crippen LogP) is 4.52. The maximum Gasteiger partial charge on any atom is 0.283 e. The summed E-state index contributed by atoms with van der Waals surface area (Å²) in [6.45, 7) is 4.00. The maximum absolute atomic E-state index is 12.4. The fraction of sp³-hybridized carbons (Fsp3) is 0.105. The number of rotatable bonds is 2. The molecule has 4 rings (SSSR count). The van der Waals surface area contributed by atoms with E-state index in [0.29, 0.717) is 10.2 Å². The van der Waals surface area contributed by atoms with Gasteiger partial charge in [0.15, 0.2) is 5.17 Å². The smallest absolute Gasteiger partial charge is 0.283 e. The Morgan fingerprint density at radius 3 is 2.69 bits per heavy atom. The van der Waals surface area contributed by atoms with Crippen LogP contribution in [0, 0.1) is 19.3 Å². The minimum absolute atomic E-state index is 0.151. The molecule has 0 saturated carbocycles. The summed E-state index contributed by atoms with van der Waals surface area (Å²) < 4.78 is 2.10. The van der Waals surface area contributed by atoms with Crippen molar-refractivity contribution in [2.24, 2.45) is 4.99 Å². The molecule has 1 aromatic carbocycles. The van der Waals surface area contributed by atoms with Crippen molar-refractivity contribution in [1.29, 1.82) is 5.41 Å². The molecule has 0 saturated heterocycles. The Labute approximate surface area is 160 Å². The molecule has 0 fully saturated rings. The molecule has 26 heavy (non-hydrogen) atoms. The molecule has 0 spiro atoms. The number of aliphatic imine (C=N–C) groups is 1. The van der Waals surface area contributed by atoms with E-state index in [2.05, 4.69) is 9.56 Å². The van der Waals surface area contributed by atoms with Crippen molar-refractivity contribution in [1.82, 2.24) is 9.47 Å². The molecule has 0 bridgehead atoms. The van der Waals surface area contributed by atoms with Crippen LogP contribution < -0.4 is 0 Å². The van der Waals surface area contributed by atoms with Gasteiger partial charge in [0.1, 0.15) is 5.84 Å². The predicted molar refractivity (Wildman–Crippen MR) is 107 cm³/mol. The summed E-state index contributed by atoms with van der Waals surface area (Å²) >= 11 is 7.33. The van der Waals surface area contributed by atoms with E-state index in [-0.39, 0.29) is 17.3 Å². The number of amides is 1. The third kappa shape index (κ3) is 2.71. The van der Waals surface area contributed by atoms with Gasteiger partial charge < -0.3 is 4.57 Å². The first-order valence-corrected chi connectivity index (χ1v) is 9.22. The third-order valence-corrected chi connectivity index (χ3v) is 5.38. The van der Waals surface area contributed by atoms with Gasteiger partial charge in [-0.15, -0.1) is 0 Å². The number of nitrogens with one attached hydrogen (secondary N) is 1. The summed E-state index contributed by atoms with van der Waals surface area (Å²) in [5.74, 6) is -0.230. The Morgan fingerprint density at radius 1 is 1.23 bits per heavy atom. The maximum atomic E-state index is 12.4. The fourth-order valence-electron chi connectivity index (χ4n) is 3.11. The lowest BCUT2D eigenvalue weighted by atomic mass is 10.1. The van der Waals surface area contributed by atoms with Gasteiger partial charge in [-0.25, -0.2) is 0 Å². The molecule has 0 atom stereocenters. The first kappa shape index (κ1) is 16.9. The van der Waals surface area contributed by atoms with E-state index < -0.39 is 0 Å². The molecular weight excluding hydrogens is 368 g/mol. The van der Waals surface area contributed by atoms with Gasteiger partial charge in [-0.05, 0) is 61.2 Å². The topological polar surface area (TPSA) is 61.5 Å². The average molecular weight is 383 g/mol. The summed E-state index contributed by atoms with van der Waals surface area (Å²) in [5.41, 5.74) is 4.20. The summed E-state index contributed by atoms with van der Waals surface area (Å²) in [7, 11) is 0. The van der Waals surface area contributed by atoms with E-state index in [1.54, 1.807) is 17.2 Å². The van der Waals surface area contributed by atoms with Crippen LogP contribution in [0.25, 0.3) is 11.8 Å². The molecule has 2 aliphatic heterocycles. The molecule has 2 aromatic rings. The van der Waals surface area contributed by atoms with E-state index in [9.17, 15) is 4.79 Å². The van der Waals surface area contributed by atoms with Crippen molar-refractivity contribution in [2.75, 3.05) is 0 Å². The van der Waals surface area contributed by atoms with Gasteiger partial charge in [-0.3, -0.25) is 15.1 Å². The number of hydrogen-bond donors (Lipinski definition) is 1. The number of benzene rings is 1.